The van der Waals surface area contributed by atoms with Crippen LogP contribution in [0.2, 0.25) is 0 Å². The second-order valence-corrected chi connectivity index (χ2v) is 6.15. The molecule has 0 aliphatic heterocycles. The monoisotopic (exact) mass is 413 g/mol. The van der Waals surface area contributed by atoms with E-state index in [1.807, 2.05) is 0 Å². The molecule has 1 rings (SSSR count). The lowest BCUT2D eigenvalue weighted by molar-refractivity contribution is -0.350. The van der Waals surface area contributed by atoms with Gasteiger partial charge < -0.3 is 9.84 Å². The van der Waals surface area contributed by atoms with Crippen LogP contribution in [0.5, 0.6) is 0 Å². The van der Waals surface area contributed by atoms with Crippen molar-refractivity contribution < 1.29 is 40.6 Å². The van der Waals surface area contributed by atoms with Crippen LogP contribution in [-0.2, 0) is 4.74 Å². The Kier molecular flexibility index (Phi) is 6.78. The quantitative estimate of drug-likeness (QED) is 0.392. The highest BCUT2D eigenvalue weighted by Crippen LogP contribution is 2.51. The Bertz CT molecular complexity index is 784. The Labute approximate surface area is 157 Å². The Morgan fingerprint density at radius 1 is 1.07 bits per heavy atom. The van der Waals surface area contributed by atoms with Crippen molar-refractivity contribution in [2.24, 2.45) is 0 Å². The molecule has 0 aliphatic carbocycles. The summed E-state index contributed by atoms with van der Waals surface area (Å²) in [6, 6.07) is 4.17. The summed E-state index contributed by atoms with van der Waals surface area (Å²) < 4.78 is 97.4. The fraction of sp³-hybridized carbons (Fsp3) is 0.500. The average Bonchev–Trinajstić information content (AvgIpc) is 2.52. The molecule has 0 aromatic heterocycles. The zero-order valence-electron chi connectivity index (χ0n) is 15.4. The summed E-state index contributed by atoms with van der Waals surface area (Å²) in [5.74, 6) is -14.7. The molecule has 1 atom stereocenters. The molecule has 3 nitrogen and oxygen atoms in total. The number of nitriles is 1. The van der Waals surface area contributed by atoms with Crippen LogP contribution in [0.3, 0.4) is 0 Å². The van der Waals surface area contributed by atoms with Gasteiger partial charge in [0.05, 0.1) is 6.61 Å². The van der Waals surface area contributed by atoms with Crippen LogP contribution in [0.25, 0.3) is 0 Å². The Hall–Kier alpha value is -2.28. The van der Waals surface area contributed by atoms with E-state index in [0.29, 0.717) is 11.1 Å². The standard InChI is InChI=1S/C18H18F7NO2/c1-5-28-15(16(19,20)17(21,22)18(23,24)25)12(8-26)14(27)13-10(3)6-9(2)7-11(13)4/h6-7,14,27H,5H2,1-4H3/b15-12+. The van der Waals surface area contributed by atoms with E-state index in [4.69, 9.17) is 0 Å². The lowest BCUT2D eigenvalue weighted by Crippen LogP contribution is -2.53. The van der Waals surface area contributed by atoms with Crippen LogP contribution < -0.4 is 0 Å². The zero-order valence-corrected chi connectivity index (χ0v) is 15.4. The summed E-state index contributed by atoms with van der Waals surface area (Å²) in [5.41, 5.74) is -0.0947. The number of hydrogen-bond donors (Lipinski definition) is 1. The third kappa shape index (κ3) is 4.09. The zero-order chi connectivity index (χ0) is 22.1. The third-order valence-corrected chi connectivity index (χ3v) is 3.97. The minimum Gasteiger partial charge on any atom is -0.491 e. The van der Waals surface area contributed by atoms with Crippen molar-refractivity contribution in [2.75, 3.05) is 6.61 Å². The first kappa shape index (κ1) is 23.8. The number of aliphatic hydroxyl groups excluding tert-OH is 1. The highest BCUT2D eigenvalue weighted by molar-refractivity contribution is 5.46. The van der Waals surface area contributed by atoms with Crippen LogP contribution in [0.4, 0.5) is 30.7 Å². The molecular weight excluding hydrogens is 395 g/mol. The largest absolute Gasteiger partial charge is 0.491 e. The molecular formula is C18H18F7NO2. The van der Waals surface area contributed by atoms with Crippen molar-refractivity contribution in [1.82, 2.24) is 0 Å². The van der Waals surface area contributed by atoms with Crippen molar-refractivity contribution in [2.45, 2.75) is 51.8 Å². The first-order chi connectivity index (χ1) is 12.6. The molecule has 1 aromatic rings. The van der Waals surface area contributed by atoms with Crippen molar-refractivity contribution in [3.05, 3.63) is 45.7 Å². The molecule has 0 aliphatic rings. The second kappa shape index (κ2) is 7.99. The summed E-state index contributed by atoms with van der Waals surface area (Å²) >= 11 is 0. The highest BCUT2D eigenvalue weighted by atomic mass is 19.4. The number of halogens is 7. The van der Waals surface area contributed by atoms with E-state index in [-0.39, 0.29) is 5.56 Å². The molecule has 0 radical (unpaired) electrons. The third-order valence-electron chi connectivity index (χ3n) is 3.97. The van der Waals surface area contributed by atoms with Crippen molar-refractivity contribution in [1.29, 1.82) is 5.26 Å². The van der Waals surface area contributed by atoms with Crippen molar-refractivity contribution >= 4 is 0 Å². The maximum absolute atomic E-state index is 14.2. The van der Waals surface area contributed by atoms with Gasteiger partial charge in [0.15, 0.2) is 5.76 Å². The van der Waals surface area contributed by atoms with E-state index in [1.165, 1.54) is 26.0 Å². The number of nitrogens with zero attached hydrogens (tertiary/aromatic N) is 1. The van der Waals surface area contributed by atoms with E-state index in [9.17, 15) is 41.1 Å². The molecule has 156 valence electrons. The number of rotatable bonds is 6. The van der Waals surface area contributed by atoms with Crippen LogP contribution in [0, 0.1) is 32.1 Å². The smallest absolute Gasteiger partial charge is 0.460 e. The molecule has 0 amide bonds. The number of aryl methyl sites for hydroxylation is 3. The predicted octanol–water partition coefficient (Wildman–Crippen LogP) is 5.29. The van der Waals surface area contributed by atoms with E-state index in [1.54, 1.807) is 6.92 Å². The Morgan fingerprint density at radius 2 is 1.54 bits per heavy atom. The van der Waals surface area contributed by atoms with Gasteiger partial charge in [0.2, 0.25) is 0 Å². The lowest BCUT2D eigenvalue weighted by Gasteiger charge is -2.31. The maximum Gasteiger partial charge on any atom is 0.460 e. The van der Waals surface area contributed by atoms with Gasteiger partial charge in [-0.1, -0.05) is 17.7 Å². The SMILES string of the molecule is CCO/C(=C(\C#N)C(O)c1c(C)cc(C)cc1C)C(F)(F)C(F)(F)C(F)(F)F. The van der Waals surface area contributed by atoms with Gasteiger partial charge in [0.25, 0.3) is 0 Å². The molecule has 0 heterocycles. The molecule has 1 unspecified atom stereocenters. The van der Waals surface area contributed by atoms with Gasteiger partial charge in [-0.3, -0.25) is 0 Å². The summed E-state index contributed by atoms with van der Waals surface area (Å²) in [7, 11) is 0. The minimum atomic E-state index is -6.61. The number of aliphatic hydroxyl groups is 1. The van der Waals surface area contributed by atoms with Crippen molar-refractivity contribution in [3.63, 3.8) is 0 Å². The van der Waals surface area contributed by atoms with Gasteiger partial charge in [-0.15, -0.1) is 0 Å². The van der Waals surface area contributed by atoms with Gasteiger partial charge in [-0.2, -0.15) is 36.0 Å². The topological polar surface area (TPSA) is 53.2 Å². The van der Waals surface area contributed by atoms with E-state index >= 15 is 0 Å². The van der Waals surface area contributed by atoms with Gasteiger partial charge in [-0.25, -0.2) is 0 Å². The van der Waals surface area contributed by atoms with Crippen molar-refractivity contribution in [3.8, 4) is 6.07 Å². The highest BCUT2D eigenvalue weighted by Gasteiger charge is 2.75. The molecule has 28 heavy (non-hydrogen) atoms. The predicted molar refractivity (Wildman–Crippen MR) is 85.8 cm³/mol. The Balaban J connectivity index is 3.77. The van der Waals surface area contributed by atoms with Crippen LogP contribution in [-0.4, -0.2) is 29.7 Å². The van der Waals surface area contributed by atoms with E-state index in [0.717, 1.165) is 18.6 Å². The van der Waals surface area contributed by atoms with Crippen LogP contribution in [0.1, 0.15) is 35.3 Å². The van der Waals surface area contributed by atoms with Gasteiger partial charge in [-0.05, 0) is 44.4 Å². The molecule has 0 spiro atoms. The first-order valence-corrected chi connectivity index (χ1v) is 7.99. The number of allylic oxidation sites excluding steroid dienone is 1. The molecule has 10 heteroatoms. The summed E-state index contributed by atoms with van der Waals surface area (Å²) in [6.07, 6.45) is -8.80. The van der Waals surface area contributed by atoms with Gasteiger partial charge in [0, 0.05) is 0 Å². The molecule has 1 aromatic carbocycles. The average molecular weight is 413 g/mol. The summed E-state index contributed by atoms with van der Waals surface area (Å²) in [5, 5.41) is 19.7. The maximum atomic E-state index is 14.2. The molecule has 0 bridgehead atoms. The molecule has 0 saturated heterocycles. The van der Waals surface area contributed by atoms with Crippen LogP contribution >= 0.6 is 0 Å². The molecule has 1 N–H and O–H groups in total. The fourth-order valence-corrected chi connectivity index (χ4v) is 2.81. The molecule has 0 saturated carbocycles. The number of ether oxygens (including phenoxy) is 1. The number of alkyl halides is 7. The second-order valence-electron chi connectivity index (χ2n) is 6.15. The van der Waals surface area contributed by atoms with E-state index < -0.39 is 42.1 Å². The number of benzene rings is 1. The fourth-order valence-electron chi connectivity index (χ4n) is 2.81. The van der Waals surface area contributed by atoms with E-state index in [2.05, 4.69) is 4.74 Å². The van der Waals surface area contributed by atoms with Gasteiger partial charge in [0.1, 0.15) is 17.7 Å². The van der Waals surface area contributed by atoms with Gasteiger partial charge >= 0.3 is 18.0 Å². The Morgan fingerprint density at radius 3 is 1.89 bits per heavy atom. The first-order valence-electron chi connectivity index (χ1n) is 7.99. The summed E-state index contributed by atoms with van der Waals surface area (Å²) in [6.45, 7) is 4.96. The minimum absolute atomic E-state index is 0.0644. The molecule has 0 fully saturated rings. The van der Waals surface area contributed by atoms with Crippen LogP contribution in [0.15, 0.2) is 23.5 Å². The normalized spacial score (nSPS) is 15.0. The summed E-state index contributed by atoms with van der Waals surface area (Å²) in [4.78, 5) is 0. The lowest BCUT2D eigenvalue weighted by atomic mass is 9.90. The number of hydrogen-bond acceptors (Lipinski definition) is 3.